The molecule has 0 heterocycles. The van der Waals surface area contributed by atoms with Crippen LogP contribution in [0, 0.1) is 18.6 Å². The molecule has 0 aliphatic rings. The van der Waals surface area contributed by atoms with Crippen LogP contribution in [-0.4, -0.2) is 7.05 Å². The number of halogens is 3. The van der Waals surface area contributed by atoms with Crippen LogP contribution in [0.4, 0.5) is 8.78 Å². The van der Waals surface area contributed by atoms with Gasteiger partial charge in [0.15, 0.2) is 0 Å². The summed E-state index contributed by atoms with van der Waals surface area (Å²) < 4.78 is 29.0. The first-order chi connectivity index (χ1) is 9.06. The summed E-state index contributed by atoms with van der Waals surface area (Å²) in [6.07, 6.45) is 0. The molecule has 2 aromatic carbocycles. The van der Waals surface area contributed by atoms with Crippen molar-refractivity contribution in [3.63, 3.8) is 0 Å². The van der Waals surface area contributed by atoms with Crippen molar-refractivity contribution in [2.45, 2.75) is 13.0 Å². The van der Waals surface area contributed by atoms with Gasteiger partial charge in [0.1, 0.15) is 11.6 Å². The second-order valence-corrected chi connectivity index (χ2v) is 5.19. The van der Waals surface area contributed by atoms with E-state index in [0.29, 0.717) is 5.56 Å². The molecule has 0 aromatic heterocycles. The molecular weight excluding hydrogens is 312 g/mol. The van der Waals surface area contributed by atoms with Crippen LogP contribution in [0.2, 0.25) is 0 Å². The molecule has 0 radical (unpaired) electrons. The van der Waals surface area contributed by atoms with Gasteiger partial charge in [-0.2, -0.15) is 0 Å². The Morgan fingerprint density at radius 3 is 2.42 bits per heavy atom. The predicted molar refractivity (Wildman–Crippen MR) is 76.1 cm³/mol. The fraction of sp³-hybridized carbons (Fsp3) is 0.200. The Kier molecular flexibility index (Phi) is 4.32. The number of aryl methyl sites for hydroxylation is 1. The fourth-order valence-corrected chi connectivity index (χ4v) is 2.62. The highest BCUT2D eigenvalue weighted by atomic mass is 79.9. The molecule has 100 valence electrons. The number of benzene rings is 2. The maximum absolute atomic E-state index is 14.2. The summed E-state index contributed by atoms with van der Waals surface area (Å²) >= 11 is 3.42. The van der Waals surface area contributed by atoms with Gasteiger partial charge in [0, 0.05) is 10.0 Å². The third kappa shape index (κ3) is 2.69. The van der Waals surface area contributed by atoms with Gasteiger partial charge in [-0.15, -0.1) is 0 Å². The zero-order valence-corrected chi connectivity index (χ0v) is 12.3. The van der Waals surface area contributed by atoms with Crippen molar-refractivity contribution < 1.29 is 8.78 Å². The van der Waals surface area contributed by atoms with Crippen LogP contribution < -0.4 is 5.32 Å². The van der Waals surface area contributed by atoms with Crippen molar-refractivity contribution in [2.75, 3.05) is 7.05 Å². The van der Waals surface area contributed by atoms with E-state index < -0.39 is 17.7 Å². The lowest BCUT2D eigenvalue weighted by Crippen LogP contribution is -2.21. The summed E-state index contributed by atoms with van der Waals surface area (Å²) in [6, 6.07) is 9.61. The van der Waals surface area contributed by atoms with Gasteiger partial charge in [-0.3, -0.25) is 0 Å². The molecule has 19 heavy (non-hydrogen) atoms. The van der Waals surface area contributed by atoms with E-state index in [2.05, 4.69) is 21.2 Å². The lowest BCUT2D eigenvalue weighted by molar-refractivity contribution is 0.517. The van der Waals surface area contributed by atoms with Gasteiger partial charge in [0.2, 0.25) is 0 Å². The van der Waals surface area contributed by atoms with Crippen LogP contribution in [0.5, 0.6) is 0 Å². The molecule has 0 fully saturated rings. The van der Waals surface area contributed by atoms with Crippen LogP contribution in [0.1, 0.15) is 22.7 Å². The van der Waals surface area contributed by atoms with Gasteiger partial charge in [0.25, 0.3) is 0 Å². The molecule has 4 heteroatoms. The predicted octanol–water partition coefficient (Wildman–Crippen LogP) is 4.34. The molecule has 0 aliphatic carbocycles. The van der Waals surface area contributed by atoms with Gasteiger partial charge in [-0.05, 0) is 37.2 Å². The Morgan fingerprint density at radius 2 is 1.79 bits per heavy atom. The SMILES string of the molecule is CNC(c1ccccc1Br)c1c(F)ccc(C)c1F. The first kappa shape index (κ1) is 14.2. The minimum atomic E-state index is -0.543. The number of hydrogen-bond acceptors (Lipinski definition) is 1. The Balaban J connectivity index is 2.61. The molecule has 1 nitrogen and oxygen atoms in total. The maximum atomic E-state index is 14.2. The van der Waals surface area contributed by atoms with Crippen molar-refractivity contribution in [3.05, 3.63) is 69.2 Å². The second-order valence-electron chi connectivity index (χ2n) is 4.34. The van der Waals surface area contributed by atoms with E-state index in [4.69, 9.17) is 0 Å². The first-order valence-electron chi connectivity index (χ1n) is 5.92. The normalized spacial score (nSPS) is 12.5. The van der Waals surface area contributed by atoms with Gasteiger partial charge in [-0.1, -0.05) is 40.2 Å². The number of nitrogens with one attached hydrogen (secondary N) is 1. The largest absolute Gasteiger partial charge is 0.309 e. The van der Waals surface area contributed by atoms with Crippen molar-refractivity contribution >= 4 is 15.9 Å². The Labute approximate surface area is 119 Å². The molecule has 1 N–H and O–H groups in total. The van der Waals surface area contributed by atoms with E-state index in [1.54, 1.807) is 14.0 Å². The zero-order chi connectivity index (χ0) is 14.0. The van der Waals surface area contributed by atoms with E-state index in [1.165, 1.54) is 12.1 Å². The molecule has 0 saturated carbocycles. The van der Waals surface area contributed by atoms with Crippen molar-refractivity contribution in [1.29, 1.82) is 0 Å². The van der Waals surface area contributed by atoms with Gasteiger partial charge in [-0.25, -0.2) is 8.78 Å². The third-order valence-corrected chi connectivity index (χ3v) is 3.84. The summed E-state index contributed by atoms with van der Waals surface area (Å²) in [7, 11) is 1.69. The molecule has 1 unspecified atom stereocenters. The maximum Gasteiger partial charge on any atom is 0.134 e. The van der Waals surface area contributed by atoms with Crippen molar-refractivity contribution in [2.24, 2.45) is 0 Å². The van der Waals surface area contributed by atoms with Crippen LogP contribution in [0.3, 0.4) is 0 Å². The van der Waals surface area contributed by atoms with Crippen LogP contribution in [0.25, 0.3) is 0 Å². The third-order valence-electron chi connectivity index (χ3n) is 3.11. The average Bonchev–Trinajstić information content (AvgIpc) is 2.40. The minimum absolute atomic E-state index is 0.0504. The standard InChI is InChI=1S/C15H14BrF2N/c1-9-7-8-12(17)13(14(9)18)15(19-2)10-5-3-4-6-11(10)16/h3-8,15,19H,1-2H3. The topological polar surface area (TPSA) is 12.0 Å². The van der Waals surface area contributed by atoms with Gasteiger partial charge >= 0.3 is 0 Å². The second kappa shape index (κ2) is 5.80. The smallest absolute Gasteiger partial charge is 0.134 e. The molecular formula is C15H14BrF2N. The van der Waals surface area contributed by atoms with E-state index in [-0.39, 0.29) is 5.56 Å². The van der Waals surface area contributed by atoms with E-state index in [1.807, 2.05) is 24.3 Å². The van der Waals surface area contributed by atoms with Gasteiger partial charge in [0.05, 0.1) is 6.04 Å². The molecule has 0 amide bonds. The molecule has 0 aliphatic heterocycles. The Hall–Kier alpha value is -1.26. The summed E-state index contributed by atoms with van der Waals surface area (Å²) in [6.45, 7) is 1.63. The molecule has 2 rings (SSSR count). The van der Waals surface area contributed by atoms with Crippen LogP contribution in [0.15, 0.2) is 40.9 Å². The summed E-state index contributed by atoms with van der Waals surface area (Å²) in [4.78, 5) is 0. The summed E-state index contributed by atoms with van der Waals surface area (Å²) in [5.74, 6) is -1.05. The summed E-state index contributed by atoms with van der Waals surface area (Å²) in [5, 5.41) is 2.97. The van der Waals surface area contributed by atoms with Gasteiger partial charge < -0.3 is 5.32 Å². The quantitative estimate of drug-likeness (QED) is 0.884. The molecule has 1 atom stereocenters. The Bertz CT molecular complexity index is 599. The van der Waals surface area contributed by atoms with Crippen LogP contribution >= 0.6 is 15.9 Å². The lowest BCUT2D eigenvalue weighted by Gasteiger charge is -2.20. The van der Waals surface area contributed by atoms with E-state index in [0.717, 1.165) is 10.0 Å². The summed E-state index contributed by atoms with van der Waals surface area (Å²) in [5.41, 5.74) is 1.28. The van der Waals surface area contributed by atoms with Crippen molar-refractivity contribution in [3.8, 4) is 0 Å². The van der Waals surface area contributed by atoms with E-state index in [9.17, 15) is 8.78 Å². The average molecular weight is 326 g/mol. The highest BCUT2D eigenvalue weighted by Crippen LogP contribution is 2.32. The minimum Gasteiger partial charge on any atom is -0.309 e. The van der Waals surface area contributed by atoms with Crippen LogP contribution in [-0.2, 0) is 0 Å². The highest BCUT2D eigenvalue weighted by Gasteiger charge is 2.23. The molecule has 0 bridgehead atoms. The lowest BCUT2D eigenvalue weighted by atomic mass is 9.96. The Morgan fingerprint density at radius 1 is 1.11 bits per heavy atom. The monoisotopic (exact) mass is 325 g/mol. The highest BCUT2D eigenvalue weighted by molar-refractivity contribution is 9.10. The number of hydrogen-bond donors (Lipinski definition) is 1. The molecule has 0 spiro atoms. The molecule has 2 aromatic rings. The fourth-order valence-electron chi connectivity index (χ4n) is 2.11. The van der Waals surface area contributed by atoms with Crippen molar-refractivity contribution in [1.82, 2.24) is 5.32 Å². The number of rotatable bonds is 3. The molecule has 0 saturated heterocycles. The van der Waals surface area contributed by atoms with E-state index >= 15 is 0 Å². The zero-order valence-electron chi connectivity index (χ0n) is 10.7. The first-order valence-corrected chi connectivity index (χ1v) is 6.71.